The molecule has 1 heterocycles. The molecule has 132 valence electrons. The van der Waals surface area contributed by atoms with Gasteiger partial charge in [-0.25, -0.2) is 0 Å². The summed E-state index contributed by atoms with van der Waals surface area (Å²) in [5.41, 5.74) is 3.47. The highest BCUT2D eigenvalue weighted by Gasteiger charge is 2.48. The van der Waals surface area contributed by atoms with Crippen LogP contribution < -0.4 is 0 Å². The molecule has 0 N–H and O–H groups in total. The van der Waals surface area contributed by atoms with Gasteiger partial charge in [0.15, 0.2) is 5.78 Å². The van der Waals surface area contributed by atoms with E-state index in [1.165, 1.54) is 0 Å². The third kappa shape index (κ3) is 2.22. The molecule has 3 heteroatoms. The lowest BCUT2D eigenvalue weighted by atomic mass is 9.70. The average molecular weight is 360 g/mol. The van der Waals surface area contributed by atoms with Crippen LogP contribution in [0.2, 0.25) is 0 Å². The molecular weight excluding hydrogens is 344 g/mol. The van der Waals surface area contributed by atoms with Gasteiger partial charge in [0.25, 0.3) is 0 Å². The quantitative estimate of drug-likeness (QED) is 0.526. The molecule has 0 saturated heterocycles. The molecule has 0 fully saturated rings. The zero-order valence-corrected chi connectivity index (χ0v) is 15.1. The summed E-state index contributed by atoms with van der Waals surface area (Å²) >= 11 is 0. The van der Waals surface area contributed by atoms with Crippen LogP contribution in [0.1, 0.15) is 32.6 Å². The van der Waals surface area contributed by atoms with Crippen LogP contribution in [-0.4, -0.2) is 10.8 Å². The average Bonchev–Trinajstić information content (AvgIpc) is 3.00. The number of benzene rings is 3. The maximum absolute atomic E-state index is 13.9. The Labute approximate surface area is 162 Å². The van der Waals surface area contributed by atoms with Gasteiger partial charge in [0.2, 0.25) is 0 Å². The van der Waals surface area contributed by atoms with Gasteiger partial charge >= 0.3 is 0 Å². The number of hydrogen-bond acceptors (Lipinski definition) is 3. The SMILES string of the molecule is N#Cc1cccc(CC2(c3ccncc3)C(=O)c3cccc4cccc2c34)c1. The number of ketones is 1. The molecule has 3 aromatic carbocycles. The fourth-order valence-corrected chi connectivity index (χ4v) is 4.50. The minimum atomic E-state index is -0.819. The number of nitrogens with zero attached hydrogens (tertiary/aromatic N) is 2. The maximum Gasteiger partial charge on any atom is 0.178 e. The summed E-state index contributed by atoms with van der Waals surface area (Å²) in [7, 11) is 0. The molecule has 0 spiro atoms. The van der Waals surface area contributed by atoms with E-state index in [9.17, 15) is 10.1 Å². The van der Waals surface area contributed by atoms with Crippen molar-refractivity contribution in [2.75, 3.05) is 0 Å². The summed E-state index contributed by atoms with van der Waals surface area (Å²) in [6, 6.07) is 25.6. The van der Waals surface area contributed by atoms with Crippen LogP contribution in [0, 0.1) is 11.3 Å². The highest BCUT2D eigenvalue weighted by Crippen LogP contribution is 2.48. The fraction of sp³-hybridized carbons (Fsp3) is 0.0800. The summed E-state index contributed by atoms with van der Waals surface area (Å²) in [6.07, 6.45) is 3.97. The predicted molar refractivity (Wildman–Crippen MR) is 108 cm³/mol. The Balaban J connectivity index is 1.81. The molecule has 1 aromatic heterocycles. The van der Waals surface area contributed by atoms with Crippen molar-refractivity contribution in [3.05, 3.63) is 113 Å². The summed E-state index contributed by atoms with van der Waals surface area (Å²) < 4.78 is 0. The standard InChI is InChI=1S/C25H16N2O/c26-16-18-5-1-4-17(14-18)15-25(20-10-12-27-13-11-20)22-9-3-7-19-6-2-8-21(23(19)22)24(25)28/h1-14H,15H2. The Morgan fingerprint density at radius 1 is 0.929 bits per heavy atom. The zero-order valence-electron chi connectivity index (χ0n) is 15.1. The Morgan fingerprint density at radius 2 is 1.68 bits per heavy atom. The molecule has 28 heavy (non-hydrogen) atoms. The van der Waals surface area contributed by atoms with Gasteiger partial charge in [-0.2, -0.15) is 5.26 Å². The maximum atomic E-state index is 13.9. The normalized spacial score (nSPS) is 17.6. The number of hydrogen-bond donors (Lipinski definition) is 0. The Hall–Kier alpha value is -3.77. The summed E-state index contributed by atoms with van der Waals surface area (Å²) in [6.45, 7) is 0. The van der Waals surface area contributed by atoms with Crippen LogP contribution in [0.3, 0.4) is 0 Å². The van der Waals surface area contributed by atoms with Gasteiger partial charge < -0.3 is 0 Å². The van der Waals surface area contributed by atoms with E-state index in [-0.39, 0.29) is 5.78 Å². The topological polar surface area (TPSA) is 53.8 Å². The van der Waals surface area contributed by atoms with Crippen molar-refractivity contribution in [1.82, 2.24) is 4.98 Å². The Kier molecular flexibility index (Phi) is 3.60. The summed E-state index contributed by atoms with van der Waals surface area (Å²) in [4.78, 5) is 18.0. The third-order valence-electron chi connectivity index (χ3n) is 5.70. The first kappa shape index (κ1) is 16.4. The van der Waals surface area contributed by atoms with Crippen molar-refractivity contribution < 1.29 is 4.79 Å². The molecule has 1 atom stereocenters. The van der Waals surface area contributed by atoms with Gasteiger partial charge in [-0.3, -0.25) is 9.78 Å². The molecule has 1 unspecified atom stereocenters. The van der Waals surface area contributed by atoms with Crippen LogP contribution in [0.5, 0.6) is 0 Å². The summed E-state index contributed by atoms with van der Waals surface area (Å²) in [5.74, 6) is 0.105. The number of pyridine rings is 1. The minimum Gasteiger partial charge on any atom is -0.293 e. The zero-order chi connectivity index (χ0) is 19.1. The second kappa shape index (κ2) is 6.14. The molecule has 0 radical (unpaired) electrons. The molecule has 1 aliphatic rings. The number of aromatic nitrogens is 1. The van der Waals surface area contributed by atoms with Crippen molar-refractivity contribution in [2.24, 2.45) is 0 Å². The minimum absolute atomic E-state index is 0.105. The molecule has 0 aliphatic heterocycles. The van der Waals surface area contributed by atoms with Gasteiger partial charge in [0, 0.05) is 18.0 Å². The van der Waals surface area contributed by atoms with Crippen molar-refractivity contribution in [1.29, 1.82) is 5.26 Å². The second-order valence-electron chi connectivity index (χ2n) is 7.17. The highest BCUT2D eigenvalue weighted by atomic mass is 16.1. The van der Waals surface area contributed by atoms with Gasteiger partial charge in [0.05, 0.1) is 17.0 Å². The molecule has 0 bridgehead atoms. The Morgan fingerprint density at radius 3 is 2.46 bits per heavy atom. The monoisotopic (exact) mass is 360 g/mol. The van der Waals surface area contributed by atoms with E-state index in [0.29, 0.717) is 12.0 Å². The van der Waals surface area contributed by atoms with E-state index >= 15 is 0 Å². The van der Waals surface area contributed by atoms with Gasteiger partial charge in [-0.1, -0.05) is 48.5 Å². The van der Waals surface area contributed by atoms with E-state index in [4.69, 9.17) is 0 Å². The highest BCUT2D eigenvalue weighted by molar-refractivity contribution is 6.22. The van der Waals surface area contributed by atoms with Crippen molar-refractivity contribution >= 4 is 16.6 Å². The molecule has 4 aromatic rings. The van der Waals surface area contributed by atoms with E-state index in [1.54, 1.807) is 18.5 Å². The van der Waals surface area contributed by atoms with Crippen LogP contribution in [0.25, 0.3) is 10.8 Å². The number of rotatable bonds is 3. The van der Waals surface area contributed by atoms with Crippen molar-refractivity contribution in [3.63, 3.8) is 0 Å². The largest absolute Gasteiger partial charge is 0.293 e. The smallest absolute Gasteiger partial charge is 0.178 e. The molecule has 0 amide bonds. The first-order valence-electron chi connectivity index (χ1n) is 9.20. The van der Waals surface area contributed by atoms with E-state index < -0.39 is 5.41 Å². The van der Waals surface area contributed by atoms with Crippen LogP contribution in [0.4, 0.5) is 0 Å². The van der Waals surface area contributed by atoms with Crippen LogP contribution in [-0.2, 0) is 11.8 Å². The molecular formula is C25H16N2O. The van der Waals surface area contributed by atoms with Gasteiger partial charge in [-0.15, -0.1) is 0 Å². The first-order valence-corrected chi connectivity index (χ1v) is 9.20. The van der Waals surface area contributed by atoms with Crippen molar-refractivity contribution in [2.45, 2.75) is 11.8 Å². The second-order valence-corrected chi connectivity index (χ2v) is 7.17. The number of nitriles is 1. The lowest BCUT2D eigenvalue weighted by Gasteiger charge is -2.30. The molecule has 0 saturated carbocycles. The van der Waals surface area contributed by atoms with Gasteiger partial charge in [-0.05, 0) is 58.1 Å². The van der Waals surface area contributed by atoms with E-state index in [2.05, 4.69) is 29.3 Å². The molecule has 5 rings (SSSR count). The number of carbonyl (C=O) groups is 1. The lowest BCUT2D eigenvalue weighted by Crippen LogP contribution is -2.36. The summed E-state index contributed by atoms with van der Waals surface area (Å²) in [5, 5.41) is 11.4. The molecule has 3 nitrogen and oxygen atoms in total. The van der Waals surface area contributed by atoms with Crippen molar-refractivity contribution in [3.8, 4) is 6.07 Å². The van der Waals surface area contributed by atoms with Crippen LogP contribution in [0.15, 0.2) is 85.2 Å². The third-order valence-corrected chi connectivity index (χ3v) is 5.70. The molecule has 1 aliphatic carbocycles. The Bertz CT molecular complexity index is 1270. The van der Waals surface area contributed by atoms with E-state index in [0.717, 1.165) is 33.0 Å². The van der Waals surface area contributed by atoms with Crippen LogP contribution >= 0.6 is 0 Å². The number of Topliss-reactive ketones (excluding diaryl/α,β-unsaturated/α-hetero) is 1. The predicted octanol–water partition coefficient (Wildman–Crippen LogP) is 4.83. The first-order chi connectivity index (χ1) is 13.7. The van der Waals surface area contributed by atoms with E-state index in [1.807, 2.05) is 48.5 Å². The lowest BCUT2D eigenvalue weighted by molar-refractivity contribution is 0.0922. The number of carbonyl (C=O) groups excluding carboxylic acids is 1. The van der Waals surface area contributed by atoms with Gasteiger partial charge in [0.1, 0.15) is 0 Å². The fourth-order valence-electron chi connectivity index (χ4n) is 4.50.